The smallest absolute Gasteiger partial charge is 0.264 e. The maximum Gasteiger partial charge on any atom is 0.264 e. The van der Waals surface area contributed by atoms with Crippen LogP contribution in [0.4, 0.5) is 10.1 Å². The van der Waals surface area contributed by atoms with E-state index in [-0.39, 0.29) is 20.6 Å². The number of hydrogen-bond acceptors (Lipinski definition) is 2. The van der Waals surface area contributed by atoms with Crippen LogP contribution < -0.4 is 4.72 Å². The molecular weight excluding hydrogens is 404 g/mol. The minimum absolute atomic E-state index is 0.0602. The van der Waals surface area contributed by atoms with Crippen LogP contribution in [-0.4, -0.2) is 8.42 Å². The van der Waals surface area contributed by atoms with Crippen LogP contribution in [0.2, 0.25) is 10.0 Å². The molecule has 0 saturated carbocycles. The lowest BCUT2D eigenvalue weighted by Gasteiger charge is -2.12. The van der Waals surface area contributed by atoms with Crippen molar-refractivity contribution in [1.29, 1.82) is 0 Å². The van der Waals surface area contributed by atoms with Crippen molar-refractivity contribution in [2.45, 2.75) is 11.8 Å². The molecule has 0 amide bonds. The first-order chi connectivity index (χ1) is 9.70. The molecule has 0 radical (unpaired) electrons. The minimum atomic E-state index is -4.11. The van der Waals surface area contributed by atoms with E-state index in [1.54, 1.807) is 6.92 Å². The van der Waals surface area contributed by atoms with Gasteiger partial charge in [0.05, 0.1) is 15.7 Å². The first-order valence-corrected chi connectivity index (χ1v) is 8.67. The fourth-order valence-corrected chi connectivity index (χ4v) is 4.70. The highest BCUT2D eigenvalue weighted by molar-refractivity contribution is 9.10. The van der Waals surface area contributed by atoms with Gasteiger partial charge in [-0.15, -0.1) is 0 Å². The lowest BCUT2D eigenvalue weighted by Crippen LogP contribution is -2.15. The van der Waals surface area contributed by atoms with E-state index in [1.165, 1.54) is 30.3 Å². The van der Waals surface area contributed by atoms with Gasteiger partial charge in [0.1, 0.15) is 10.7 Å². The van der Waals surface area contributed by atoms with Gasteiger partial charge in [-0.05, 0) is 36.8 Å². The normalized spacial score (nSPS) is 11.5. The highest BCUT2D eigenvalue weighted by Gasteiger charge is 2.23. The molecule has 0 bridgehead atoms. The summed E-state index contributed by atoms with van der Waals surface area (Å²) in [7, 11) is -4.11. The number of nitrogens with one attached hydrogen (secondary N) is 1. The lowest BCUT2D eigenvalue weighted by atomic mass is 10.2. The molecule has 3 nitrogen and oxygen atoms in total. The number of halogens is 4. The standard InChI is InChI=1S/C13H9BrCl2FNO2S/c1-7-2-3-11(17)12(4-7)18-21(19,20)13-9(15)5-8(14)6-10(13)16/h2-6,18H,1H3. The van der Waals surface area contributed by atoms with Gasteiger partial charge in [0.15, 0.2) is 0 Å². The van der Waals surface area contributed by atoms with Gasteiger partial charge >= 0.3 is 0 Å². The summed E-state index contributed by atoms with van der Waals surface area (Å²) in [5.74, 6) is -0.687. The van der Waals surface area contributed by atoms with Crippen LogP contribution in [0.25, 0.3) is 0 Å². The van der Waals surface area contributed by atoms with E-state index in [2.05, 4.69) is 20.7 Å². The molecule has 0 aliphatic heterocycles. The summed E-state index contributed by atoms with van der Waals surface area (Å²) in [5, 5.41) is -0.120. The highest BCUT2D eigenvalue weighted by Crippen LogP contribution is 2.34. The van der Waals surface area contributed by atoms with Gasteiger partial charge in [0, 0.05) is 4.47 Å². The number of aryl methyl sites for hydroxylation is 1. The molecule has 8 heteroatoms. The van der Waals surface area contributed by atoms with Crippen LogP contribution in [-0.2, 0) is 10.0 Å². The van der Waals surface area contributed by atoms with Gasteiger partial charge in [-0.2, -0.15) is 0 Å². The van der Waals surface area contributed by atoms with E-state index in [0.717, 1.165) is 0 Å². The van der Waals surface area contributed by atoms with E-state index in [1.807, 2.05) is 0 Å². The fraction of sp³-hybridized carbons (Fsp3) is 0.0769. The molecule has 0 unspecified atom stereocenters. The largest absolute Gasteiger partial charge is 0.277 e. The number of sulfonamides is 1. The summed E-state index contributed by atoms with van der Waals surface area (Å²) in [5.41, 5.74) is 0.548. The first kappa shape index (κ1) is 16.5. The Balaban J connectivity index is 2.51. The Morgan fingerprint density at radius 1 is 1.14 bits per heavy atom. The van der Waals surface area contributed by atoms with Crippen LogP contribution in [0.1, 0.15) is 5.56 Å². The molecule has 0 aliphatic carbocycles. The van der Waals surface area contributed by atoms with Crippen molar-refractivity contribution in [3.63, 3.8) is 0 Å². The van der Waals surface area contributed by atoms with E-state index in [0.29, 0.717) is 10.0 Å². The molecule has 0 heterocycles. The number of anilines is 1. The molecule has 1 N–H and O–H groups in total. The van der Waals surface area contributed by atoms with Gasteiger partial charge in [0.25, 0.3) is 10.0 Å². The lowest BCUT2D eigenvalue weighted by molar-refractivity contribution is 0.598. The summed E-state index contributed by atoms with van der Waals surface area (Å²) < 4.78 is 41.1. The topological polar surface area (TPSA) is 46.2 Å². The van der Waals surface area contributed by atoms with Crippen molar-refractivity contribution in [2.24, 2.45) is 0 Å². The quantitative estimate of drug-likeness (QED) is 0.770. The molecule has 2 aromatic rings. The van der Waals surface area contributed by atoms with Crippen LogP contribution in [0.3, 0.4) is 0 Å². The average molecular weight is 413 g/mol. The maximum atomic E-state index is 13.7. The van der Waals surface area contributed by atoms with Crippen LogP contribution in [0.5, 0.6) is 0 Å². The summed E-state index contributed by atoms with van der Waals surface area (Å²) in [6.07, 6.45) is 0. The minimum Gasteiger partial charge on any atom is -0.277 e. The number of hydrogen-bond donors (Lipinski definition) is 1. The maximum absolute atomic E-state index is 13.7. The van der Waals surface area contributed by atoms with Gasteiger partial charge in [-0.1, -0.05) is 45.2 Å². The van der Waals surface area contributed by atoms with Crippen molar-refractivity contribution in [3.05, 3.63) is 56.2 Å². The summed E-state index contributed by atoms with van der Waals surface area (Å²) in [6, 6.07) is 6.89. The Kier molecular flexibility index (Phi) is 4.82. The zero-order valence-electron chi connectivity index (χ0n) is 10.6. The monoisotopic (exact) mass is 411 g/mol. The molecule has 0 saturated heterocycles. The zero-order valence-corrected chi connectivity index (χ0v) is 14.5. The molecule has 0 aromatic heterocycles. The van der Waals surface area contributed by atoms with E-state index < -0.39 is 15.8 Å². The second kappa shape index (κ2) is 6.12. The SMILES string of the molecule is Cc1ccc(F)c(NS(=O)(=O)c2c(Cl)cc(Br)cc2Cl)c1. The Morgan fingerprint density at radius 3 is 2.29 bits per heavy atom. The van der Waals surface area contributed by atoms with E-state index >= 15 is 0 Å². The van der Waals surface area contributed by atoms with Gasteiger partial charge in [-0.25, -0.2) is 12.8 Å². The van der Waals surface area contributed by atoms with Crippen molar-refractivity contribution in [2.75, 3.05) is 4.72 Å². The Labute approximate surface area is 140 Å². The second-order valence-corrected chi connectivity index (χ2v) is 7.64. The van der Waals surface area contributed by atoms with E-state index in [4.69, 9.17) is 23.2 Å². The summed E-state index contributed by atoms with van der Waals surface area (Å²) >= 11 is 15.0. The van der Waals surface area contributed by atoms with Gasteiger partial charge in [0.2, 0.25) is 0 Å². The van der Waals surface area contributed by atoms with Crippen LogP contribution in [0.15, 0.2) is 39.7 Å². The Bertz CT molecular complexity index is 789. The van der Waals surface area contributed by atoms with Crippen molar-refractivity contribution in [1.82, 2.24) is 0 Å². The highest BCUT2D eigenvalue weighted by atomic mass is 79.9. The summed E-state index contributed by atoms with van der Waals surface area (Å²) in [6.45, 7) is 1.72. The molecule has 2 aromatic carbocycles. The Hall–Kier alpha value is -0.820. The third kappa shape index (κ3) is 3.69. The predicted molar refractivity (Wildman–Crippen MR) is 86.1 cm³/mol. The number of rotatable bonds is 3. The number of benzene rings is 2. The second-order valence-electron chi connectivity index (χ2n) is 4.29. The molecule has 112 valence electrons. The average Bonchev–Trinajstić information content (AvgIpc) is 2.31. The molecule has 0 aliphatic rings. The van der Waals surface area contributed by atoms with Crippen molar-refractivity contribution < 1.29 is 12.8 Å². The molecule has 0 fully saturated rings. The third-order valence-electron chi connectivity index (χ3n) is 2.60. The van der Waals surface area contributed by atoms with Gasteiger partial charge < -0.3 is 0 Å². The van der Waals surface area contributed by atoms with Crippen LogP contribution >= 0.6 is 39.1 Å². The summed E-state index contributed by atoms with van der Waals surface area (Å²) in [4.78, 5) is -0.296. The van der Waals surface area contributed by atoms with E-state index in [9.17, 15) is 12.8 Å². The van der Waals surface area contributed by atoms with Crippen molar-refractivity contribution >= 4 is 54.8 Å². The molecule has 0 atom stereocenters. The van der Waals surface area contributed by atoms with Gasteiger partial charge in [-0.3, -0.25) is 4.72 Å². The Morgan fingerprint density at radius 2 is 1.71 bits per heavy atom. The molecule has 21 heavy (non-hydrogen) atoms. The fourth-order valence-electron chi connectivity index (χ4n) is 1.70. The van der Waals surface area contributed by atoms with Crippen LogP contribution in [0, 0.1) is 12.7 Å². The predicted octanol–water partition coefficient (Wildman–Crippen LogP) is 5.00. The zero-order chi connectivity index (χ0) is 15.8. The third-order valence-corrected chi connectivity index (χ3v) is 5.34. The first-order valence-electron chi connectivity index (χ1n) is 5.64. The molecule has 2 rings (SSSR count). The molecule has 0 spiro atoms. The molecular formula is C13H9BrCl2FNO2S. The van der Waals surface area contributed by atoms with Crippen molar-refractivity contribution in [3.8, 4) is 0 Å².